The summed E-state index contributed by atoms with van der Waals surface area (Å²) in [6.07, 6.45) is 0.751. The molecule has 5 nitrogen and oxygen atoms in total. The number of anilines is 2. The quantitative estimate of drug-likeness (QED) is 0.687. The lowest BCUT2D eigenvalue weighted by Crippen LogP contribution is -2.19. The molecule has 1 heterocycles. The van der Waals surface area contributed by atoms with Crippen LogP contribution in [-0.4, -0.2) is 16.8 Å². The van der Waals surface area contributed by atoms with Gasteiger partial charge in [-0.15, -0.1) is 0 Å². The summed E-state index contributed by atoms with van der Waals surface area (Å²) in [7, 11) is 0. The number of carbonyl (C=O) groups is 2. The zero-order valence-corrected chi connectivity index (χ0v) is 15.0. The maximum absolute atomic E-state index is 13.3. The molecule has 2 amide bonds. The second kappa shape index (κ2) is 8.39. The molecular weight excluding hydrogens is 364 g/mol. The zero-order valence-electron chi connectivity index (χ0n) is 15.0. The van der Waals surface area contributed by atoms with Crippen LogP contribution in [0, 0.1) is 11.6 Å². The highest BCUT2D eigenvalue weighted by Gasteiger charge is 2.14. The second-order valence-electron chi connectivity index (χ2n) is 5.96. The van der Waals surface area contributed by atoms with E-state index in [0.29, 0.717) is 5.69 Å². The molecule has 0 saturated heterocycles. The monoisotopic (exact) mass is 381 g/mol. The van der Waals surface area contributed by atoms with Crippen LogP contribution in [0.5, 0.6) is 0 Å². The summed E-state index contributed by atoms with van der Waals surface area (Å²) in [5.74, 6) is -3.19. The van der Waals surface area contributed by atoms with Crippen molar-refractivity contribution in [1.29, 1.82) is 0 Å². The van der Waals surface area contributed by atoms with Gasteiger partial charge >= 0.3 is 0 Å². The highest BCUT2D eigenvalue weighted by Crippen LogP contribution is 2.17. The summed E-state index contributed by atoms with van der Waals surface area (Å²) in [5.41, 5.74) is 1.76. The molecule has 0 radical (unpaired) electrons. The lowest BCUT2D eigenvalue weighted by Gasteiger charge is -2.10. The number of aryl methyl sites for hydroxylation is 1. The summed E-state index contributed by atoms with van der Waals surface area (Å²) >= 11 is 0. The Bertz CT molecular complexity index is 1040. The Hall–Kier alpha value is -3.61. The molecule has 3 rings (SSSR count). The molecule has 2 aromatic carbocycles. The minimum absolute atomic E-state index is 0.0267. The standard InChI is InChI=1S/C21H17F2N3O2/c1-2-13-6-3-4-7-17(13)26-21(28)19-9-5-8-18(25-19)20(27)24-14-10-11-15(22)16(23)12-14/h3-12H,2H2,1H3,(H,24,27)(H,26,28). The number of nitrogens with one attached hydrogen (secondary N) is 2. The highest BCUT2D eigenvalue weighted by atomic mass is 19.2. The van der Waals surface area contributed by atoms with Crippen molar-refractivity contribution in [2.75, 3.05) is 10.6 Å². The number of para-hydroxylation sites is 1. The van der Waals surface area contributed by atoms with Crippen LogP contribution >= 0.6 is 0 Å². The molecule has 0 spiro atoms. The molecule has 0 fully saturated rings. The van der Waals surface area contributed by atoms with Gasteiger partial charge in [0, 0.05) is 17.4 Å². The third kappa shape index (κ3) is 4.37. The number of rotatable bonds is 5. The van der Waals surface area contributed by atoms with Crippen molar-refractivity contribution < 1.29 is 18.4 Å². The van der Waals surface area contributed by atoms with Crippen molar-refractivity contribution in [2.45, 2.75) is 13.3 Å². The Labute approximate surface area is 160 Å². The number of halogens is 2. The maximum atomic E-state index is 13.3. The fourth-order valence-electron chi connectivity index (χ4n) is 2.59. The van der Waals surface area contributed by atoms with Crippen molar-refractivity contribution in [3.05, 3.63) is 89.2 Å². The Kier molecular flexibility index (Phi) is 5.74. The smallest absolute Gasteiger partial charge is 0.274 e. The van der Waals surface area contributed by atoms with Gasteiger partial charge in [-0.1, -0.05) is 31.2 Å². The van der Waals surface area contributed by atoms with Crippen LogP contribution in [0.3, 0.4) is 0 Å². The molecule has 0 saturated carbocycles. The molecule has 3 aromatic rings. The van der Waals surface area contributed by atoms with Crippen molar-refractivity contribution in [1.82, 2.24) is 4.98 Å². The average Bonchev–Trinajstić information content (AvgIpc) is 2.71. The first-order chi connectivity index (χ1) is 13.5. The average molecular weight is 381 g/mol. The van der Waals surface area contributed by atoms with Gasteiger partial charge in [-0.2, -0.15) is 0 Å². The number of nitrogens with zero attached hydrogens (tertiary/aromatic N) is 1. The summed E-state index contributed by atoms with van der Waals surface area (Å²) in [5, 5.41) is 5.20. The number of hydrogen-bond acceptors (Lipinski definition) is 3. The van der Waals surface area contributed by atoms with Crippen LogP contribution < -0.4 is 10.6 Å². The molecule has 0 atom stereocenters. The molecule has 0 aliphatic carbocycles. The number of carbonyl (C=O) groups excluding carboxylic acids is 2. The maximum Gasteiger partial charge on any atom is 0.274 e. The first-order valence-electron chi connectivity index (χ1n) is 8.60. The van der Waals surface area contributed by atoms with Crippen molar-refractivity contribution in [3.63, 3.8) is 0 Å². The fraction of sp³-hybridized carbons (Fsp3) is 0.0952. The Morgan fingerprint density at radius 2 is 1.54 bits per heavy atom. The topological polar surface area (TPSA) is 71.1 Å². The minimum atomic E-state index is -1.08. The third-order valence-corrected chi connectivity index (χ3v) is 4.04. The van der Waals surface area contributed by atoms with E-state index in [0.717, 1.165) is 24.1 Å². The van der Waals surface area contributed by atoms with Crippen molar-refractivity contribution in [3.8, 4) is 0 Å². The third-order valence-electron chi connectivity index (χ3n) is 4.04. The summed E-state index contributed by atoms with van der Waals surface area (Å²) < 4.78 is 26.3. The second-order valence-corrected chi connectivity index (χ2v) is 5.96. The van der Waals surface area contributed by atoms with Crippen LogP contribution in [0.15, 0.2) is 60.7 Å². The predicted molar refractivity (Wildman–Crippen MR) is 102 cm³/mol. The van der Waals surface area contributed by atoms with Crippen molar-refractivity contribution in [2.24, 2.45) is 0 Å². The van der Waals surface area contributed by atoms with Crippen LogP contribution in [0.2, 0.25) is 0 Å². The first-order valence-corrected chi connectivity index (χ1v) is 8.60. The molecule has 0 aliphatic rings. The molecule has 0 bridgehead atoms. The lowest BCUT2D eigenvalue weighted by atomic mass is 10.1. The van der Waals surface area contributed by atoms with Crippen LogP contribution in [0.1, 0.15) is 33.5 Å². The molecular formula is C21H17F2N3O2. The van der Waals surface area contributed by atoms with E-state index >= 15 is 0 Å². The number of hydrogen-bond donors (Lipinski definition) is 2. The zero-order chi connectivity index (χ0) is 20.1. The fourth-order valence-corrected chi connectivity index (χ4v) is 2.59. The van der Waals surface area contributed by atoms with E-state index in [-0.39, 0.29) is 17.1 Å². The van der Waals surface area contributed by atoms with Gasteiger partial charge in [-0.05, 0) is 42.3 Å². The van der Waals surface area contributed by atoms with Gasteiger partial charge in [0.1, 0.15) is 11.4 Å². The van der Waals surface area contributed by atoms with E-state index in [4.69, 9.17) is 0 Å². The normalized spacial score (nSPS) is 10.4. The van der Waals surface area contributed by atoms with Gasteiger partial charge in [-0.3, -0.25) is 9.59 Å². The Morgan fingerprint density at radius 3 is 2.21 bits per heavy atom. The van der Waals surface area contributed by atoms with Gasteiger partial charge in [0.2, 0.25) is 0 Å². The molecule has 0 aliphatic heterocycles. The van der Waals surface area contributed by atoms with E-state index in [1.54, 1.807) is 6.07 Å². The molecule has 0 unspecified atom stereocenters. The lowest BCUT2D eigenvalue weighted by molar-refractivity contribution is 0.101. The van der Waals surface area contributed by atoms with Gasteiger partial charge in [-0.25, -0.2) is 13.8 Å². The van der Waals surface area contributed by atoms with E-state index in [1.807, 2.05) is 25.1 Å². The molecule has 7 heteroatoms. The van der Waals surface area contributed by atoms with E-state index in [1.165, 1.54) is 24.3 Å². The summed E-state index contributed by atoms with van der Waals surface area (Å²) in [6, 6.07) is 14.8. The predicted octanol–water partition coefficient (Wildman–Crippen LogP) is 4.43. The Balaban J connectivity index is 1.76. The number of aromatic nitrogens is 1. The van der Waals surface area contributed by atoms with Crippen LogP contribution in [0.25, 0.3) is 0 Å². The number of amides is 2. The Morgan fingerprint density at radius 1 is 0.857 bits per heavy atom. The van der Waals surface area contributed by atoms with Crippen molar-refractivity contribution >= 4 is 23.2 Å². The van der Waals surface area contributed by atoms with Gasteiger partial charge in [0.15, 0.2) is 11.6 Å². The molecule has 2 N–H and O–H groups in total. The molecule has 28 heavy (non-hydrogen) atoms. The number of benzene rings is 2. The van der Waals surface area contributed by atoms with Gasteiger partial charge in [0.05, 0.1) is 0 Å². The van der Waals surface area contributed by atoms with Gasteiger partial charge in [0.25, 0.3) is 11.8 Å². The van der Waals surface area contributed by atoms with E-state index in [2.05, 4.69) is 15.6 Å². The first kappa shape index (κ1) is 19.2. The van der Waals surface area contributed by atoms with Gasteiger partial charge < -0.3 is 10.6 Å². The van der Waals surface area contributed by atoms with Crippen LogP contribution in [-0.2, 0) is 6.42 Å². The summed E-state index contributed by atoms with van der Waals surface area (Å²) in [6.45, 7) is 1.98. The molecule has 1 aromatic heterocycles. The SMILES string of the molecule is CCc1ccccc1NC(=O)c1cccc(C(=O)Nc2ccc(F)c(F)c2)n1. The van der Waals surface area contributed by atoms with E-state index < -0.39 is 23.4 Å². The number of pyridine rings is 1. The van der Waals surface area contributed by atoms with E-state index in [9.17, 15) is 18.4 Å². The highest BCUT2D eigenvalue weighted by molar-refractivity contribution is 6.06. The largest absolute Gasteiger partial charge is 0.321 e. The molecule has 142 valence electrons. The summed E-state index contributed by atoms with van der Waals surface area (Å²) in [4.78, 5) is 28.9. The minimum Gasteiger partial charge on any atom is -0.321 e. The van der Waals surface area contributed by atoms with Crippen LogP contribution in [0.4, 0.5) is 20.2 Å².